The van der Waals surface area contributed by atoms with Gasteiger partial charge in [0.1, 0.15) is 5.41 Å². The Morgan fingerprint density at radius 3 is 2.36 bits per heavy atom. The molecule has 0 heterocycles. The summed E-state index contributed by atoms with van der Waals surface area (Å²) < 4.78 is 0. The van der Waals surface area contributed by atoms with E-state index in [4.69, 9.17) is 0 Å². The summed E-state index contributed by atoms with van der Waals surface area (Å²) in [6.07, 6.45) is 3.19. The Kier molecular flexibility index (Phi) is 4.81. The second kappa shape index (κ2) is 6.61. The molecule has 1 fully saturated rings. The van der Waals surface area contributed by atoms with Crippen molar-refractivity contribution >= 4 is 11.8 Å². The first-order valence-electron chi connectivity index (χ1n) is 7.50. The average Bonchev–Trinajstić information content (AvgIpc) is 3.04. The third-order valence-electron chi connectivity index (χ3n) is 4.29. The van der Waals surface area contributed by atoms with Crippen LogP contribution in [0, 0.1) is 16.7 Å². The Morgan fingerprint density at radius 2 is 1.86 bits per heavy atom. The van der Waals surface area contributed by atoms with Crippen LogP contribution in [0.25, 0.3) is 0 Å². The molecule has 22 heavy (non-hydrogen) atoms. The van der Waals surface area contributed by atoms with Crippen molar-refractivity contribution in [2.45, 2.75) is 32.2 Å². The molecular formula is C17H21N3O2. The summed E-state index contributed by atoms with van der Waals surface area (Å²) in [5.41, 5.74) is 0.690. The van der Waals surface area contributed by atoms with Gasteiger partial charge in [-0.1, -0.05) is 25.0 Å². The van der Waals surface area contributed by atoms with Gasteiger partial charge in [0, 0.05) is 26.2 Å². The molecule has 0 unspecified atom stereocenters. The van der Waals surface area contributed by atoms with E-state index in [9.17, 15) is 14.9 Å². The first kappa shape index (κ1) is 16.0. The number of hydrogen-bond acceptors (Lipinski definition) is 3. The van der Waals surface area contributed by atoms with Gasteiger partial charge in [-0.05, 0) is 30.5 Å². The number of hydrogen-bond donors (Lipinski definition) is 1. The van der Waals surface area contributed by atoms with E-state index in [1.54, 1.807) is 31.1 Å². The Morgan fingerprint density at radius 1 is 1.27 bits per heavy atom. The SMILES string of the molecule is CNC(=O)c1ccc(CN(C)C(=O)C2(C#N)CCCC2)cc1. The van der Waals surface area contributed by atoms with Crippen molar-refractivity contribution in [3.8, 4) is 6.07 Å². The fourth-order valence-electron chi connectivity index (χ4n) is 2.97. The van der Waals surface area contributed by atoms with Gasteiger partial charge in [-0.2, -0.15) is 5.26 Å². The molecule has 1 saturated carbocycles. The Bertz CT molecular complexity index is 595. The highest BCUT2D eigenvalue weighted by atomic mass is 16.2. The summed E-state index contributed by atoms with van der Waals surface area (Å²) in [6.45, 7) is 0.441. The molecule has 5 nitrogen and oxygen atoms in total. The summed E-state index contributed by atoms with van der Waals surface area (Å²) in [5.74, 6) is -0.228. The molecule has 0 saturated heterocycles. The fourth-order valence-corrected chi connectivity index (χ4v) is 2.97. The van der Waals surface area contributed by atoms with Crippen molar-refractivity contribution in [1.82, 2.24) is 10.2 Å². The van der Waals surface area contributed by atoms with Gasteiger partial charge in [-0.15, -0.1) is 0 Å². The second-order valence-corrected chi connectivity index (χ2v) is 5.84. The number of carbonyl (C=O) groups excluding carboxylic acids is 2. The van der Waals surface area contributed by atoms with Crippen LogP contribution in [0.2, 0.25) is 0 Å². The number of carbonyl (C=O) groups is 2. The minimum atomic E-state index is -0.837. The quantitative estimate of drug-likeness (QED) is 0.925. The van der Waals surface area contributed by atoms with Crippen LogP contribution < -0.4 is 5.32 Å². The van der Waals surface area contributed by atoms with Gasteiger partial charge in [-0.3, -0.25) is 9.59 Å². The largest absolute Gasteiger partial charge is 0.355 e. The predicted octanol–water partition coefficient (Wildman–Crippen LogP) is 2.09. The highest BCUT2D eigenvalue weighted by Crippen LogP contribution is 2.39. The lowest BCUT2D eigenvalue weighted by molar-refractivity contribution is -0.138. The number of rotatable bonds is 4. The van der Waals surface area contributed by atoms with Crippen molar-refractivity contribution < 1.29 is 9.59 Å². The zero-order chi connectivity index (χ0) is 16.2. The summed E-state index contributed by atoms with van der Waals surface area (Å²) >= 11 is 0. The minimum absolute atomic E-state index is 0.0946. The van der Waals surface area contributed by atoms with Crippen LogP contribution in [0.1, 0.15) is 41.6 Å². The molecule has 0 radical (unpaired) electrons. The van der Waals surface area contributed by atoms with E-state index in [1.807, 2.05) is 12.1 Å². The molecule has 1 aliphatic carbocycles. The van der Waals surface area contributed by atoms with Crippen molar-refractivity contribution in [3.63, 3.8) is 0 Å². The number of amides is 2. The van der Waals surface area contributed by atoms with Crippen LogP contribution in [0.3, 0.4) is 0 Å². The number of nitrogens with one attached hydrogen (secondary N) is 1. The van der Waals surface area contributed by atoms with Crippen LogP contribution in [-0.4, -0.2) is 30.8 Å². The van der Waals surface area contributed by atoms with E-state index in [-0.39, 0.29) is 11.8 Å². The van der Waals surface area contributed by atoms with Gasteiger partial charge in [-0.25, -0.2) is 0 Å². The molecule has 2 amide bonds. The molecule has 0 aliphatic heterocycles. The van der Waals surface area contributed by atoms with Crippen LogP contribution in [-0.2, 0) is 11.3 Å². The van der Waals surface area contributed by atoms with E-state index >= 15 is 0 Å². The van der Waals surface area contributed by atoms with Gasteiger partial charge >= 0.3 is 0 Å². The topological polar surface area (TPSA) is 73.2 Å². The lowest BCUT2D eigenvalue weighted by Crippen LogP contribution is -2.39. The fraction of sp³-hybridized carbons (Fsp3) is 0.471. The molecule has 5 heteroatoms. The van der Waals surface area contributed by atoms with E-state index in [2.05, 4.69) is 11.4 Å². The molecule has 1 aromatic carbocycles. The smallest absolute Gasteiger partial charge is 0.251 e. The van der Waals surface area contributed by atoms with Crippen LogP contribution in [0.5, 0.6) is 0 Å². The predicted molar refractivity (Wildman–Crippen MR) is 82.8 cm³/mol. The first-order valence-corrected chi connectivity index (χ1v) is 7.50. The molecule has 0 spiro atoms. The van der Waals surface area contributed by atoms with Crippen molar-refractivity contribution in [2.24, 2.45) is 5.41 Å². The third-order valence-corrected chi connectivity index (χ3v) is 4.29. The number of nitriles is 1. The molecule has 1 aromatic rings. The highest BCUT2D eigenvalue weighted by molar-refractivity contribution is 5.94. The highest BCUT2D eigenvalue weighted by Gasteiger charge is 2.43. The van der Waals surface area contributed by atoms with Crippen LogP contribution in [0.4, 0.5) is 0 Å². The Balaban J connectivity index is 2.05. The molecule has 0 aromatic heterocycles. The zero-order valence-corrected chi connectivity index (χ0v) is 13.1. The van der Waals surface area contributed by atoms with Crippen molar-refractivity contribution in [2.75, 3.05) is 14.1 Å². The lowest BCUT2D eigenvalue weighted by atomic mass is 9.86. The number of nitrogens with zero attached hydrogens (tertiary/aromatic N) is 2. The van der Waals surface area contributed by atoms with Crippen LogP contribution >= 0.6 is 0 Å². The molecule has 1 aliphatic rings. The second-order valence-electron chi connectivity index (χ2n) is 5.84. The molecule has 0 atom stereocenters. The molecule has 1 N–H and O–H groups in total. The van der Waals surface area contributed by atoms with Gasteiger partial charge in [0.25, 0.3) is 5.91 Å². The van der Waals surface area contributed by atoms with E-state index in [1.165, 1.54) is 0 Å². The maximum absolute atomic E-state index is 12.6. The summed E-state index contributed by atoms with van der Waals surface area (Å²) in [4.78, 5) is 25.7. The van der Waals surface area contributed by atoms with Crippen molar-refractivity contribution in [1.29, 1.82) is 5.26 Å². The molecule has 2 rings (SSSR count). The molecular weight excluding hydrogens is 278 g/mol. The van der Waals surface area contributed by atoms with Crippen LogP contribution in [0.15, 0.2) is 24.3 Å². The maximum atomic E-state index is 12.6. The van der Waals surface area contributed by atoms with E-state index in [0.717, 1.165) is 18.4 Å². The van der Waals surface area contributed by atoms with Gasteiger partial charge in [0.15, 0.2) is 0 Å². The lowest BCUT2D eigenvalue weighted by Gasteiger charge is -2.26. The first-order chi connectivity index (χ1) is 10.5. The summed E-state index contributed by atoms with van der Waals surface area (Å²) in [6, 6.07) is 9.38. The molecule has 0 bridgehead atoms. The zero-order valence-electron chi connectivity index (χ0n) is 13.1. The average molecular weight is 299 g/mol. The summed E-state index contributed by atoms with van der Waals surface area (Å²) in [5, 5.41) is 12.0. The monoisotopic (exact) mass is 299 g/mol. The maximum Gasteiger partial charge on any atom is 0.251 e. The molecule has 116 valence electrons. The summed E-state index contributed by atoms with van der Waals surface area (Å²) in [7, 11) is 3.32. The van der Waals surface area contributed by atoms with Gasteiger partial charge in [0.2, 0.25) is 5.91 Å². The van der Waals surface area contributed by atoms with Gasteiger partial charge < -0.3 is 10.2 Å². The normalized spacial score (nSPS) is 15.9. The minimum Gasteiger partial charge on any atom is -0.355 e. The van der Waals surface area contributed by atoms with E-state index < -0.39 is 5.41 Å². The Hall–Kier alpha value is -2.35. The van der Waals surface area contributed by atoms with Gasteiger partial charge in [0.05, 0.1) is 6.07 Å². The number of benzene rings is 1. The Labute approximate surface area is 130 Å². The standard InChI is InChI=1S/C17H21N3O2/c1-19-15(21)14-7-5-13(6-8-14)11-20(2)16(22)17(12-18)9-3-4-10-17/h5-8H,3-4,9-11H2,1-2H3,(H,19,21). The third kappa shape index (κ3) is 3.11. The van der Waals surface area contributed by atoms with Crippen molar-refractivity contribution in [3.05, 3.63) is 35.4 Å². The van der Waals surface area contributed by atoms with E-state index in [0.29, 0.717) is 24.9 Å².